The third kappa shape index (κ3) is 3.80. The molecule has 7 heteroatoms. The van der Waals surface area contributed by atoms with Crippen LogP contribution < -0.4 is 26.3 Å². The van der Waals surface area contributed by atoms with E-state index in [1.165, 1.54) is 0 Å². The topological polar surface area (TPSA) is 94.9 Å². The van der Waals surface area contributed by atoms with Gasteiger partial charge in [0.15, 0.2) is 17.5 Å². The van der Waals surface area contributed by atoms with E-state index in [0.29, 0.717) is 17.2 Å². The first kappa shape index (κ1) is 13.0. The molecule has 0 amide bonds. The van der Waals surface area contributed by atoms with E-state index < -0.39 is 0 Å². The first-order valence-electron chi connectivity index (χ1n) is 4.69. The summed E-state index contributed by atoms with van der Waals surface area (Å²) in [5.74, 6) is 1.12. The molecule has 1 aromatic rings. The highest BCUT2D eigenvalue weighted by atomic mass is 32.1. The van der Waals surface area contributed by atoms with Gasteiger partial charge in [0.25, 0.3) is 0 Å². The molecular weight excluding hydrogens is 240 g/mol. The lowest BCUT2D eigenvalue weighted by Gasteiger charge is -2.10. The molecule has 0 saturated heterocycles. The van der Waals surface area contributed by atoms with Gasteiger partial charge in [-0.25, -0.2) is 0 Å². The van der Waals surface area contributed by atoms with Gasteiger partial charge in [-0.3, -0.25) is 0 Å². The number of benzene rings is 1. The molecular formula is C10H14N4O2S. The van der Waals surface area contributed by atoms with Crippen molar-refractivity contribution in [2.45, 2.75) is 0 Å². The summed E-state index contributed by atoms with van der Waals surface area (Å²) in [6.07, 6.45) is 0. The number of ether oxygens (including phenoxy) is 2. The van der Waals surface area contributed by atoms with Crippen molar-refractivity contribution in [2.24, 2.45) is 16.5 Å². The van der Waals surface area contributed by atoms with Gasteiger partial charge in [0.05, 0.1) is 14.2 Å². The summed E-state index contributed by atoms with van der Waals surface area (Å²) in [6, 6.07) is 5.25. The third-order valence-corrected chi connectivity index (χ3v) is 2.06. The molecule has 0 aromatic heterocycles. The highest BCUT2D eigenvalue weighted by molar-refractivity contribution is 7.80. The molecule has 0 atom stereocenters. The van der Waals surface area contributed by atoms with E-state index in [-0.39, 0.29) is 11.1 Å². The van der Waals surface area contributed by atoms with Gasteiger partial charge in [-0.05, 0) is 24.4 Å². The summed E-state index contributed by atoms with van der Waals surface area (Å²) in [6.45, 7) is 0. The molecule has 5 N–H and O–H groups in total. The predicted octanol–water partition coefficient (Wildman–Crippen LogP) is 0.674. The third-order valence-electron chi connectivity index (χ3n) is 1.87. The van der Waals surface area contributed by atoms with Crippen LogP contribution in [0.1, 0.15) is 0 Å². The maximum atomic E-state index is 5.20. The number of rotatable bonds is 3. The van der Waals surface area contributed by atoms with Crippen molar-refractivity contribution in [2.75, 3.05) is 19.5 Å². The Bertz CT molecular complexity index is 444. The van der Waals surface area contributed by atoms with Crippen LogP contribution in [0, 0.1) is 0 Å². The number of hydrogen-bond acceptors (Lipinski definition) is 3. The zero-order valence-electron chi connectivity index (χ0n) is 9.56. The normalized spacial score (nSPS) is 9.29. The van der Waals surface area contributed by atoms with Crippen LogP contribution in [0.3, 0.4) is 0 Å². The summed E-state index contributed by atoms with van der Waals surface area (Å²) in [5, 5.41) is 3.03. The van der Waals surface area contributed by atoms with Gasteiger partial charge < -0.3 is 26.3 Å². The maximum absolute atomic E-state index is 5.20. The van der Waals surface area contributed by atoms with Crippen molar-refractivity contribution in [1.82, 2.24) is 0 Å². The molecule has 1 rings (SSSR count). The largest absolute Gasteiger partial charge is 0.493 e. The number of aliphatic imine (C=N–C) groups is 1. The molecule has 1 aromatic carbocycles. The van der Waals surface area contributed by atoms with Gasteiger partial charge in [-0.15, -0.1) is 0 Å². The average molecular weight is 254 g/mol. The van der Waals surface area contributed by atoms with Gasteiger partial charge in [-0.2, -0.15) is 4.99 Å². The Morgan fingerprint density at radius 2 is 1.88 bits per heavy atom. The Morgan fingerprint density at radius 1 is 1.24 bits per heavy atom. The van der Waals surface area contributed by atoms with E-state index in [1.807, 2.05) is 0 Å². The van der Waals surface area contributed by atoms with E-state index >= 15 is 0 Å². The zero-order chi connectivity index (χ0) is 12.8. The second-order valence-corrected chi connectivity index (χ2v) is 3.42. The smallest absolute Gasteiger partial charge is 0.200 e. The van der Waals surface area contributed by atoms with Crippen LogP contribution in [0.2, 0.25) is 0 Å². The molecule has 0 saturated carbocycles. The van der Waals surface area contributed by atoms with Crippen LogP contribution in [0.15, 0.2) is 23.2 Å². The van der Waals surface area contributed by atoms with Crippen LogP contribution in [0.25, 0.3) is 0 Å². The second-order valence-electron chi connectivity index (χ2n) is 3.04. The minimum Gasteiger partial charge on any atom is -0.493 e. The van der Waals surface area contributed by atoms with E-state index in [0.717, 1.165) is 0 Å². The van der Waals surface area contributed by atoms with Gasteiger partial charge in [-0.1, -0.05) is 0 Å². The molecule has 0 unspecified atom stereocenters. The molecule has 0 aliphatic heterocycles. The van der Waals surface area contributed by atoms with Gasteiger partial charge in [0.2, 0.25) is 5.11 Å². The van der Waals surface area contributed by atoms with Crippen molar-refractivity contribution in [3.8, 4) is 11.5 Å². The summed E-state index contributed by atoms with van der Waals surface area (Å²) >= 11 is 4.92. The molecule has 17 heavy (non-hydrogen) atoms. The number of methoxy groups -OCH3 is 2. The van der Waals surface area contributed by atoms with Crippen molar-refractivity contribution < 1.29 is 9.47 Å². The minimum absolute atomic E-state index is 0.0945. The first-order chi connectivity index (χ1) is 8.06. The number of guanidine groups is 1. The van der Waals surface area contributed by atoms with Crippen molar-refractivity contribution in [3.05, 3.63) is 18.2 Å². The minimum atomic E-state index is -0.0945. The number of thiocarbonyl (C=S) groups is 1. The summed E-state index contributed by atoms with van der Waals surface area (Å²) in [5.41, 5.74) is 11.1. The quantitative estimate of drug-likeness (QED) is 0.417. The molecule has 0 aliphatic carbocycles. The molecule has 0 fully saturated rings. The molecule has 0 bridgehead atoms. The zero-order valence-corrected chi connectivity index (χ0v) is 10.4. The van der Waals surface area contributed by atoms with E-state index in [4.69, 9.17) is 33.2 Å². The molecule has 92 valence electrons. The predicted molar refractivity (Wildman–Crippen MR) is 71.6 cm³/mol. The molecule has 6 nitrogen and oxygen atoms in total. The summed E-state index contributed by atoms with van der Waals surface area (Å²) in [4.78, 5) is 3.69. The Morgan fingerprint density at radius 3 is 2.41 bits per heavy atom. The van der Waals surface area contributed by atoms with Gasteiger partial charge in [0.1, 0.15) is 0 Å². The Labute approximate surface area is 105 Å². The fourth-order valence-electron chi connectivity index (χ4n) is 1.18. The van der Waals surface area contributed by atoms with Gasteiger partial charge >= 0.3 is 0 Å². The fourth-order valence-corrected chi connectivity index (χ4v) is 1.41. The van der Waals surface area contributed by atoms with Crippen LogP contribution >= 0.6 is 12.2 Å². The van der Waals surface area contributed by atoms with Crippen molar-refractivity contribution in [3.63, 3.8) is 0 Å². The lowest BCUT2D eigenvalue weighted by atomic mass is 10.3. The Hall–Kier alpha value is -2.02. The van der Waals surface area contributed by atoms with Crippen molar-refractivity contribution in [1.29, 1.82) is 0 Å². The molecule has 0 aliphatic rings. The van der Waals surface area contributed by atoms with Crippen molar-refractivity contribution >= 4 is 29.0 Å². The number of hydrogen-bond donors (Lipinski definition) is 3. The maximum Gasteiger partial charge on any atom is 0.200 e. The molecule has 0 spiro atoms. The standard InChI is InChI=1S/C10H14N4O2S/c1-15-7-4-3-6(5-8(7)16-2)13-10(17)14-9(11)12/h3-5H,1-2H3,(H5,11,12,13,14,17). The molecule has 0 radical (unpaired) electrons. The Balaban J connectivity index is 2.86. The monoisotopic (exact) mass is 254 g/mol. The first-order valence-corrected chi connectivity index (χ1v) is 5.10. The number of nitrogens with one attached hydrogen (secondary N) is 1. The number of nitrogens with two attached hydrogens (primary N) is 2. The lowest BCUT2D eigenvalue weighted by molar-refractivity contribution is 0.355. The second kappa shape index (κ2) is 5.90. The highest BCUT2D eigenvalue weighted by Gasteiger charge is 2.05. The summed E-state index contributed by atoms with van der Waals surface area (Å²) < 4.78 is 10.3. The lowest BCUT2D eigenvalue weighted by Crippen LogP contribution is -2.25. The Kier molecular flexibility index (Phi) is 4.53. The number of anilines is 1. The molecule has 0 heterocycles. The van der Waals surface area contributed by atoms with E-state index in [9.17, 15) is 0 Å². The summed E-state index contributed by atoms with van der Waals surface area (Å²) in [7, 11) is 3.12. The van der Waals surface area contributed by atoms with E-state index in [2.05, 4.69) is 10.3 Å². The average Bonchev–Trinajstić information content (AvgIpc) is 2.27. The van der Waals surface area contributed by atoms with E-state index in [1.54, 1.807) is 32.4 Å². The van der Waals surface area contributed by atoms with Gasteiger partial charge in [0, 0.05) is 11.8 Å². The highest BCUT2D eigenvalue weighted by Crippen LogP contribution is 2.29. The SMILES string of the molecule is COc1ccc(NC(=S)N=C(N)N)cc1OC. The van der Waals surface area contributed by atoms with Crippen LogP contribution in [-0.2, 0) is 0 Å². The van der Waals surface area contributed by atoms with Crippen LogP contribution in [0.4, 0.5) is 5.69 Å². The van der Waals surface area contributed by atoms with Crippen LogP contribution in [-0.4, -0.2) is 25.3 Å². The van der Waals surface area contributed by atoms with Crippen LogP contribution in [0.5, 0.6) is 11.5 Å². The number of nitrogens with zero attached hydrogens (tertiary/aromatic N) is 1. The fraction of sp³-hybridized carbons (Fsp3) is 0.200.